The van der Waals surface area contributed by atoms with E-state index in [1.165, 1.54) is 6.07 Å². The van der Waals surface area contributed by atoms with Crippen molar-refractivity contribution in [2.45, 2.75) is 39.0 Å². The van der Waals surface area contributed by atoms with Gasteiger partial charge in [0.25, 0.3) is 5.69 Å². The Kier molecular flexibility index (Phi) is 9.76. The number of unbranched alkanes of at least 4 members (excludes halogenated alkanes) is 3. The molecule has 0 aliphatic rings. The first kappa shape index (κ1) is 24.9. The number of azo groups is 1. The summed E-state index contributed by atoms with van der Waals surface area (Å²) in [5.41, 5.74) is 1.47. The van der Waals surface area contributed by atoms with Gasteiger partial charge in [-0.3, -0.25) is 14.9 Å². The summed E-state index contributed by atoms with van der Waals surface area (Å²) < 4.78 is 0.301. The predicted molar refractivity (Wildman–Crippen MR) is 125 cm³/mol. The summed E-state index contributed by atoms with van der Waals surface area (Å²) in [7, 11) is 0. The van der Waals surface area contributed by atoms with Crippen LogP contribution in [-0.4, -0.2) is 29.1 Å². The predicted octanol–water partition coefficient (Wildman–Crippen LogP) is 6.51. The molecule has 2 aromatic rings. The van der Waals surface area contributed by atoms with Crippen molar-refractivity contribution < 1.29 is 14.8 Å². The summed E-state index contributed by atoms with van der Waals surface area (Å²) in [6.07, 6.45) is 4.42. The van der Waals surface area contributed by atoms with Crippen molar-refractivity contribution >= 4 is 44.6 Å². The van der Waals surface area contributed by atoms with Crippen LogP contribution >= 0.6 is 15.9 Å². The maximum atomic E-state index is 11.0. The fraction of sp³-hybridized carbons (Fsp3) is 0.364. The van der Waals surface area contributed by atoms with E-state index < -0.39 is 10.9 Å². The minimum atomic E-state index is -0.837. The smallest absolute Gasteiger partial charge is 0.305 e. The molecular weight excluding hydrogens is 478 g/mol. The molecule has 0 atom stereocenters. The topological polar surface area (TPSA) is 132 Å². The van der Waals surface area contributed by atoms with E-state index in [1.54, 1.807) is 12.1 Å². The van der Waals surface area contributed by atoms with Gasteiger partial charge >= 0.3 is 5.97 Å². The molecule has 0 aliphatic heterocycles. The fourth-order valence-corrected chi connectivity index (χ4v) is 3.57. The van der Waals surface area contributed by atoms with Gasteiger partial charge in [-0.15, -0.1) is 5.11 Å². The third-order valence-corrected chi connectivity index (χ3v) is 5.34. The lowest BCUT2D eigenvalue weighted by atomic mass is 10.2. The van der Waals surface area contributed by atoms with E-state index in [-0.39, 0.29) is 23.4 Å². The standard InChI is InChI=1S/C22H24BrN5O4/c1-2-3-4-5-11-27(12-10-21(29)30)18-8-6-17(7-9-18)25-26-22-16(15-24)13-19(28(31)32)14-20(22)23/h6-9,13-14H,2-5,10-12H2,1H3,(H,29,30). The zero-order chi connectivity index (χ0) is 23.5. The van der Waals surface area contributed by atoms with E-state index in [0.29, 0.717) is 16.7 Å². The number of nitro benzene ring substituents is 1. The van der Waals surface area contributed by atoms with Crippen molar-refractivity contribution in [1.82, 2.24) is 0 Å². The van der Waals surface area contributed by atoms with Gasteiger partial charge in [0, 0.05) is 30.9 Å². The average Bonchev–Trinajstić information content (AvgIpc) is 2.77. The van der Waals surface area contributed by atoms with E-state index in [9.17, 15) is 20.2 Å². The molecule has 0 bridgehead atoms. The Hall–Kier alpha value is -3.32. The van der Waals surface area contributed by atoms with Gasteiger partial charge in [-0.25, -0.2) is 0 Å². The molecule has 0 radical (unpaired) electrons. The Morgan fingerprint density at radius 3 is 2.50 bits per heavy atom. The Morgan fingerprint density at radius 2 is 1.91 bits per heavy atom. The molecular formula is C22H24BrN5O4. The van der Waals surface area contributed by atoms with E-state index in [1.807, 2.05) is 23.1 Å². The summed E-state index contributed by atoms with van der Waals surface area (Å²) in [5, 5.41) is 37.5. The van der Waals surface area contributed by atoms with E-state index in [2.05, 4.69) is 33.1 Å². The molecule has 9 nitrogen and oxygen atoms in total. The number of carboxylic acids is 1. The maximum absolute atomic E-state index is 11.0. The van der Waals surface area contributed by atoms with Gasteiger partial charge in [-0.2, -0.15) is 10.4 Å². The average molecular weight is 502 g/mol. The van der Waals surface area contributed by atoms with E-state index in [0.717, 1.165) is 44.0 Å². The molecule has 10 heteroatoms. The highest BCUT2D eigenvalue weighted by molar-refractivity contribution is 9.10. The monoisotopic (exact) mass is 501 g/mol. The molecule has 0 aliphatic carbocycles. The number of aliphatic carboxylic acids is 1. The first-order valence-corrected chi connectivity index (χ1v) is 11.0. The lowest BCUT2D eigenvalue weighted by Crippen LogP contribution is -2.27. The molecule has 168 valence electrons. The summed E-state index contributed by atoms with van der Waals surface area (Å²) in [5.74, 6) is -0.837. The number of nitrogens with zero attached hydrogens (tertiary/aromatic N) is 5. The summed E-state index contributed by atoms with van der Waals surface area (Å²) in [6.45, 7) is 3.34. The van der Waals surface area contributed by atoms with Gasteiger partial charge in [-0.05, 0) is 46.6 Å². The van der Waals surface area contributed by atoms with Crippen LogP contribution < -0.4 is 4.90 Å². The number of non-ortho nitro benzene ring substituents is 1. The molecule has 0 amide bonds. The molecule has 2 aromatic carbocycles. The van der Waals surface area contributed by atoms with Gasteiger partial charge in [0.2, 0.25) is 0 Å². The van der Waals surface area contributed by atoms with Crippen LogP contribution in [0.1, 0.15) is 44.6 Å². The number of carbonyl (C=O) groups is 1. The number of halogens is 1. The largest absolute Gasteiger partial charge is 0.481 e. The zero-order valence-corrected chi connectivity index (χ0v) is 19.3. The Labute approximate surface area is 194 Å². The van der Waals surface area contributed by atoms with Crippen LogP contribution in [-0.2, 0) is 4.79 Å². The van der Waals surface area contributed by atoms with Crippen LogP contribution in [0.15, 0.2) is 51.1 Å². The molecule has 0 heterocycles. The molecule has 2 rings (SSSR count). The van der Waals surface area contributed by atoms with Crippen molar-refractivity contribution in [3.63, 3.8) is 0 Å². The maximum Gasteiger partial charge on any atom is 0.305 e. The quantitative estimate of drug-likeness (QED) is 0.152. The second-order valence-corrected chi connectivity index (χ2v) is 7.95. The van der Waals surface area contributed by atoms with Crippen molar-refractivity contribution in [3.8, 4) is 6.07 Å². The number of hydrogen-bond donors (Lipinski definition) is 1. The van der Waals surface area contributed by atoms with Crippen LogP contribution in [0.5, 0.6) is 0 Å². The van der Waals surface area contributed by atoms with Gasteiger partial charge in [0.05, 0.1) is 27.1 Å². The number of hydrogen-bond acceptors (Lipinski definition) is 7. The van der Waals surface area contributed by atoms with Gasteiger partial charge in [0.1, 0.15) is 11.8 Å². The molecule has 0 fully saturated rings. The first-order valence-electron chi connectivity index (χ1n) is 10.2. The normalized spacial score (nSPS) is 10.8. The van der Waals surface area contributed by atoms with Crippen molar-refractivity contribution in [1.29, 1.82) is 5.26 Å². The van der Waals surface area contributed by atoms with Crippen LogP contribution in [0, 0.1) is 21.4 Å². The molecule has 1 N–H and O–H groups in total. The number of benzene rings is 2. The lowest BCUT2D eigenvalue weighted by molar-refractivity contribution is -0.384. The number of nitriles is 1. The second-order valence-electron chi connectivity index (χ2n) is 7.10. The summed E-state index contributed by atoms with van der Waals surface area (Å²) >= 11 is 3.21. The van der Waals surface area contributed by atoms with E-state index >= 15 is 0 Å². The second kappa shape index (κ2) is 12.5. The van der Waals surface area contributed by atoms with Crippen molar-refractivity contribution in [3.05, 3.63) is 56.5 Å². The highest BCUT2D eigenvalue weighted by Gasteiger charge is 2.15. The molecule has 0 unspecified atom stereocenters. The zero-order valence-electron chi connectivity index (χ0n) is 17.7. The van der Waals surface area contributed by atoms with Crippen molar-refractivity contribution in [2.75, 3.05) is 18.0 Å². The molecule has 0 saturated heterocycles. The van der Waals surface area contributed by atoms with Gasteiger partial charge in [-0.1, -0.05) is 26.2 Å². The Balaban J connectivity index is 2.18. The Bertz CT molecular complexity index is 1020. The van der Waals surface area contributed by atoms with Gasteiger partial charge in [0.15, 0.2) is 0 Å². The number of anilines is 1. The van der Waals surface area contributed by atoms with Gasteiger partial charge < -0.3 is 10.0 Å². The molecule has 0 spiro atoms. The molecule has 0 saturated carbocycles. The third kappa shape index (κ3) is 7.42. The Morgan fingerprint density at radius 1 is 1.19 bits per heavy atom. The lowest BCUT2D eigenvalue weighted by Gasteiger charge is -2.24. The molecule has 32 heavy (non-hydrogen) atoms. The minimum absolute atomic E-state index is 0.0402. The minimum Gasteiger partial charge on any atom is -0.481 e. The van der Waals surface area contributed by atoms with Crippen LogP contribution in [0.25, 0.3) is 0 Å². The van der Waals surface area contributed by atoms with Crippen LogP contribution in [0.2, 0.25) is 0 Å². The number of nitro groups is 1. The third-order valence-electron chi connectivity index (χ3n) is 4.74. The number of carboxylic acid groups (broad SMARTS) is 1. The number of rotatable bonds is 12. The first-order chi connectivity index (χ1) is 15.3. The highest BCUT2D eigenvalue weighted by Crippen LogP contribution is 2.34. The van der Waals surface area contributed by atoms with Crippen LogP contribution in [0.3, 0.4) is 0 Å². The molecule has 0 aromatic heterocycles. The SMILES string of the molecule is CCCCCCN(CCC(=O)O)c1ccc(N=Nc2c(Br)cc([N+](=O)[O-])cc2C#N)cc1. The summed E-state index contributed by atoms with van der Waals surface area (Å²) in [6, 6.07) is 11.5. The fourth-order valence-electron chi connectivity index (χ4n) is 3.04. The summed E-state index contributed by atoms with van der Waals surface area (Å²) in [4.78, 5) is 23.4. The van der Waals surface area contributed by atoms with Crippen LogP contribution in [0.4, 0.5) is 22.7 Å². The highest BCUT2D eigenvalue weighted by atomic mass is 79.9. The van der Waals surface area contributed by atoms with E-state index in [4.69, 9.17) is 5.11 Å². The van der Waals surface area contributed by atoms with Crippen molar-refractivity contribution in [2.24, 2.45) is 10.2 Å².